The highest BCUT2D eigenvalue weighted by Crippen LogP contribution is 2.24. The van der Waals surface area contributed by atoms with Crippen LogP contribution in [-0.2, 0) is 19.9 Å². The molecule has 0 bridgehead atoms. The molecule has 1 fully saturated rings. The Kier molecular flexibility index (Phi) is 7.31. The number of amides is 1. The number of piperazine rings is 1. The average Bonchev–Trinajstić information content (AvgIpc) is 3.26. The van der Waals surface area contributed by atoms with Crippen LogP contribution in [0.3, 0.4) is 0 Å². The lowest BCUT2D eigenvalue weighted by atomic mass is 10.1. The molecule has 0 saturated carbocycles. The van der Waals surface area contributed by atoms with E-state index < -0.39 is 0 Å². The van der Waals surface area contributed by atoms with Gasteiger partial charge in [-0.3, -0.25) is 10.2 Å². The lowest BCUT2D eigenvalue weighted by Gasteiger charge is -2.36. The zero-order valence-electron chi connectivity index (χ0n) is 22.0. The lowest BCUT2D eigenvalue weighted by Crippen LogP contribution is -2.48. The maximum Gasteiger partial charge on any atom is 0.254 e. The van der Waals surface area contributed by atoms with Crippen LogP contribution in [0, 0.1) is 5.41 Å². The van der Waals surface area contributed by atoms with E-state index in [0.29, 0.717) is 25.3 Å². The topological polar surface area (TPSA) is 100 Å². The molecule has 1 amide bonds. The van der Waals surface area contributed by atoms with Crippen molar-refractivity contribution in [3.8, 4) is 5.75 Å². The number of nitrogens with one attached hydrogen (secondary N) is 1. The average molecular weight is 511 g/mol. The van der Waals surface area contributed by atoms with Gasteiger partial charge in [-0.1, -0.05) is 30.3 Å². The number of imidazole rings is 1. The van der Waals surface area contributed by atoms with E-state index in [1.54, 1.807) is 0 Å². The minimum atomic E-state index is 0.0485. The number of nitrogen functional groups attached to an aromatic ring is 1. The molecule has 0 atom stereocenters. The number of hydrogen-bond acceptors (Lipinski definition) is 5. The highest BCUT2D eigenvalue weighted by molar-refractivity contribution is 5.97. The monoisotopic (exact) mass is 510 g/mol. The predicted molar refractivity (Wildman–Crippen MR) is 151 cm³/mol. The van der Waals surface area contributed by atoms with E-state index in [0.717, 1.165) is 59.8 Å². The van der Waals surface area contributed by atoms with Gasteiger partial charge in [0.1, 0.15) is 17.4 Å². The van der Waals surface area contributed by atoms with E-state index in [1.807, 2.05) is 73.5 Å². The third-order valence-electron chi connectivity index (χ3n) is 7.18. The maximum absolute atomic E-state index is 13.3. The molecule has 1 aliphatic heterocycles. The summed E-state index contributed by atoms with van der Waals surface area (Å²) >= 11 is 0. The first-order valence-electron chi connectivity index (χ1n) is 13.1. The zero-order chi connectivity index (χ0) is 26.6. The normalized spacial score (nSPS) is 13.6. The summed E-state index contributed by atoms with van der Waals surface area (Å²) in [6.45, 7) is 5.54. The molecule has 38 heavy (non-hydrogen) atoms. The van der Waals surface area contributed by atoms with Crippen LogP contribution in [0.1, 0.15) is 34.2 Å². The Bertz CT molecular complexity index is 1450. The number of rotatable bonds is 8. The van der Waals surface area contributed by atoms with E-state index in [9.17, 15) is 4.79 Å². The number of ether oxygens (including phenoxy) is 1. The number of fused-ring (bicyclic) bond motifs is 1. The van der Waals surface area contributed by atoms with Crippen molar-refractivity contribution in [3.05, 3.63) is 89.2 Å². The van der Waals surface area contributed by atoms with Gasteiger partial charge in [0.15, 0.2) is 0 Å². The Balaban J connectivity index is 1.23. The number of amidine groups is 1. The van der Waals surface area contributed by atoms with Crippen molar-refractivity contribution in [1.29, 1.82) is 5.41 Å². The van der Waals surface area contributed by atoms with E-state index >= 15 is 0 Å². The Morgan fingerprint density at radius 3 is 2.42 bits per heavy atom. The summed E-state index contributed by atoms with van der Waals surface area (Å²) in [5, 5.41) is 7.54. The van der Waals surface area contributed by atoms with Crippen LogP contribution in [-0.4, -0.2) is 59.0 Å². The van der Waals surface area contributed by atoms with Crippen molar-refractivity contribution >= 4 is 28.5 Å². The first-order valence-corrected chi connectivity index (χ1v) is 13.1. The van der Waals surface area contributed by atoms with E-state index in [-0.39, 0.29) is 11.7 Å². The largest absolute Gasteiger partial charge is 0.494 e. The molecule has 2 heterocycles. The Morgan fingerprint density at radius 1 is 0.974 bits per heavy atom. The fraction of sp³-hybridized carbons (Fsp3) is 0.300. The molecule has 0 radical (unpaired) electrons. The molecule has 0 unspecified atom stereocenters. The van der Waals surface area contributed by atoms with Gasteiger partial charge in [-0.15, -0.1) is 0 Å². The van der Waals surface area contributed by atoms with Crippen molar-refractivity contribution in [2.24, 2.45) is 12.8 Å². The van der Waals surface area contributed by atoms with E-state index in [4.69, 9.17) is 20.9 Å². The second kappa shape index (κ2) is 11.0. The SMILES string of the molecule is CCOc1cccc(N2CCN(C(=O)c3ccc4c(c3)nc(CCc3ccc(C(=N)N)cc3)n4C)CC2)c1. The van der Waals surface area contributed by atoms with Gasteiger partial charge < -0.3 is 24.8 Å². The van der Waals surface area contributed by atoms with Crippen LogP contribution in [0.15, 0.2) is 66.7 Å². The van der Waals surface area contributed by atoms with Gasteiger partial charge >= 0.3 is 0 Å². The number of benzene rings is 3. The molecule has 3 aromatic carbocycles. The summed E-state index contributed by atoms with van der Waals surface area (Å²) in [5.74, 6) is 1.97. The van der Waals surface area contributed by atoms with Gasteiger partial charge in [-0.25, -0.2) is 4.98 Å². The molecular weight excluding hydrogens is 476 g/mol. The smallest absolute Gasteiger partial charge is 0.254 e. The van der Waals surface area contributed by atoms with Crippen LogP contribution >= 0.6 is 0 Å². The van der Waals surface area contributed by atoms with Crippen LogP contribution < -0.4 is 15.4 Å². The lowest BCUT2D eigenvalue weighted by molar-refractivity contribution is 0.0747. The first-order chi connectivity index (χ1) is 18.4. The van der Waals surface area contributed by atoms with Crippen molar-refractivity contribution in [1.82, 2.24) is 14.5 Å². The molecule has 0 aliphatic carbocycles. The summed E-state index contributed by atoms with van der Waals surface area (Å²) in [7, 11) is 2.02. The molecule has 196 valence electrons. The molecule has 3 N–H and O–H groups in total. The second-order valence-corrected chi connectivity index (χ2v) is 9.61. The Labute approximate surface area is 223 Å². The van der Waals surface area contributed by atoms with Gasteiger partial charge in [0, 0.05) is 62.5 Å². The fourth-order valence-corrected chi connectivity index (χ4v) is 5.00. The third-order valence-corrected chi connectivity index (χ3v) is 7.18. The van der Waals surface area contributed by atoms with Gasteiger partial charge in [-0.2, -0.15) is 0 Å². The maximum atomic E-state index is 13.3. The van der Waals surface area contributed by atoms with Crippen molar-refractivity contribution in [3.63, 3.8) is 0 Å². The molecule has 5 rings (SSSR count). The van der Waals surface area contributed by atoms with Gasteiger partial charge in [-0.05, 0) is 49.2 Å². The molecule has 8 nitrogen and oxygen atoms in total. The number of hydrogen-bond donors (Lipinski definition) is 2. The van der Waals surface area contributed by atoms with Crippen molar-refractivity contribution < 1.29 is 9.53 Å². The first kappa shape index (κ1) is 25.3. The quantitative estimate of drug-likeness (QED) is 0.276. The third kappa shape index (κ3) is 5.34. The highest BCUT2D eigenvalue weighted by Gasteiger charge is 2.23. The van der Waals surface area contributed by atoms with Crippen molar-refractivity contribution in [2.75, 3.05) is 37.7 Å². The van der Waals surface area contributed by atoms with E-state index in [1.165, 1.54) is 5.56 Å². The standard InChI is InChI=1S/C30H34N6O2/c1-3-38-25-6-4-5-24(20-25)35-15-17-36(18-16-35)30(37)23-12-13-27-26(19-23)33-28(34(27)2)14-9-21-7-10-22(11-8-21)29(31)32/h4-8,10-13,19-20H,3,9,14-18H2,1-2H3,(H3,31,32). The summed E-state index contributed by atoms with van der Waals surface area (Å²) in [5.41, 5.74) is 11.1. The molecule has 1 aromatic heterocycles. The summed E-state index contributed by atoms with van der Waals surface area (Å²) in [4.78, 5) is 22.4. The highest BCUT2D eigenvalue weighted by atomic mass is 16.5. The fourth-order valence-electron chi connectivity index (χ4n) is 5.00. The van der Waals surface area contributed by atoms with Crippen LogP contribution in [0.4, 0.5) is 5.69 Å². The van der Waals surface area contributed by atoms with Gasteiger partial charge in [0.05, 0.1) is 17.6 Å². The Hall–Kier alpha value is -4.33. The summed E-state index contributed by atoms with van der Waals surface area (Å²) < 4.78 is 7.74. The van der Waals surface area contributed by atoms with E-state index in [2.05, 4.69) is 21.6 Å². The molecular formula is C30H34N6O2. The number of carbonyl (C=O) groups excluding carboxylic acids is 1. The number of anilines is 1. The second-order valence-electron chi connectivity index (χ2n) is 9.61. The predicted octanol–water partition coefficient (Wildman–Crippen LogP) is 4.00. The summed E-state index contributed by atoms with van der Waals surface area (Å²) in [6, 6.07) is 21.7. The van der Waals surface area contributed by atoms with Crippen LogP contribution in [0.25, 0.3) is 11.0 Å². The summed E-state index contributed by atoms with van der Waals surface area (Å²) in [6.07, 6.45) is 1.61. The number of aromatic nitrogens is 2. The van der Waals surface area contributed by atoms with Crippen molar-refractivity contribution in [2.45, 2.75) is 19.8 Å². The molecule has 1 aliphatic rings. The molecule has 1 saturated heterocycles. The minimum absolute atomic E-state index is 0.0485. The zero-order valence-corrected chi connectivity index (χ0v) is 22.0. The Morgan fingerprint density at radius 2 is 1.71 bits per heavy atom. The number of nitrogens with zero attached hydrogens (tertiary/aromatic N) is 4. The number of carbonyl (C=O) groups is 1. The van der Waals surface area contributed by atoms with Gasteiger partial charge in [0.2, 0.25) is 0 Å². The molecule has 0 spiro atoms. The minimum Gasteiger partial charge on any atom is -0.494 e. The van der Waals surface area contributed by atoms with Crippen LogP contribution in [0.2, 0.25) is 0 Å². The molecule has 4 aromatic rings. The number of aryl methyl sites for hydroxylation is 3. The van der Waals surface area contributed by atoms with Crippen LogP contribution in [0.5, 0.6) is 5.75 Å². The molecule has 8 heteroatoms. The van der Waals surface area contributed by atoms with Gasteiger partial charge in [0.25, 0.3) is 5.91 Å². The number of nitrogens with two attached hydrogens (primary N) is 1.